The van der Waals surface area contributed by atoms with Gasteiger partial charge in [-0.05, 0) is 73.2 Å². The number of anilines is 5. The van der Waals surface area contributed by atoms with Crippen LogP contribution in [0.15, 0.2) is 149 Å². The molecule has 4 heteroatoms. The van der Waals surface area contributed by atoms with E-state index in [4.69, 9.17) is 0 Å². The first-order chi connectivity index (χ1) is 18.6. The van der Waals surface area contributed by atoms with Crippen LogP contribution in [0, 0.1) is 0 Å². The van der Waals surface area contributed by atoms with Gasteiger partial charge < -0.3 is 14.7 Å². The molecule has 2 heterocycles. The van der Waals surface area contributed by atoms with Gasteiger partial charge in [-0.25, -0.2) is 0 Å². The minimum atomic E-state index is -1.03. The lowest BCUT2D eigenvalue weighted by molar-refractivity contribution is 0.833. The smallest absolute Gasteiger partial charge is 0.130 e. The van der Waals surface area contributed by atoms with Crippen molar-refractivity contribution < 1.29 is 0 Å². The van der Waals surface area contributed by atoms with Crippen molar-refractivity contribution in [2.24, 2.45) is 0 Å². The monoisotopic (exact) mass is 515 g/mol. The van der Waals surface area contributed by atoms with E-state index in [1.807, 2.05) is 0 Å². The first kappa shape index (κ1) is 24.2. The summed E-state index contributed by atoms with van der Waals surface area (Å²) >= 11 is 0. The molecule has 4 aromatic rings. The highest BCUT2D eigenvalue weighted by Crippen LogP contribution is 2.65. The van der Waals surface area contributed by atoms with Crippen molar-refractivity contribution in [2.45, 2.75) is 11.1 Å². The molecule has 0 amide bonds. The number of allylic oxidation sites excluding steroid dienone is 4. The second-order valence-corrected chi connectivity index (χ2v) is 13.5. The lowest BCUT2D eigenvalue weighted by Crippen LogP contribution is -2.36. The van der Waals surface area contributed by atoms with Gasteiger partial charge in [0.2, 0.25) is 0 Å². The summed E-state index contributed by atoms with van der Waals surface area (Å²) in [5, 5.41) is 1.38. The average Bonchev–Trinajstić information content (AvgIpc) is 3.38. The molecular weight excluding hydrogens is 482 g/mol. The Balaban J connectivity index is 1.34. The van der Waals surface area contributed by atoms with Gasteiger partial charge in [-0.1, -0.05) is 78.9 Å². The van der Waals surface area contributed by atoms with Crippen molar-refractivity contribution in [1.82, 2.24) is 0 Å². The van der Waals surface area contributed by atoms with E-state index in [1.165, 1.54) is 38.4 Å². The Morgan fingerprint density at radius 2 is 1.08 bits per heavy atom. The van der Waals surface area contributed by atoms with Gasteiger partial charge in [0.05, 0.1) is 22.1 Å². The molecule has 6 rings (SSSR count). The molecule has 0 bridgehead atoms. The number of benzene rings is 4. The Hall–Kier alpha value is -4.15. The summed E-state index contributed by atoms with van der Waals surface area (Å²) in [5.41, 5.74) is 6.09. The fourth-order valence-corrected chi connectivity index (χ4v) is 8.17. The fourth-order valence-electron chi connectivity index (χ4n) is 5.59. The molecule has 0 spiro atoms. The van der Waals surface area contributed by atoms with Crippen molar-refractivity contribution in [1.29, 1.82) is 0 Å². The van der Waals surface area contributed by atoms with Crippen LogP contribution < -0.4 is 14.7 Å². The van der Waals surface area contributed by atoms with E-state index in [2.05, 4.69) is 174 Å². The van der Waals surface area contributed by atoms with Gasteiger partial charge in [0.25, 0.3) is 0 Å². The quantitative estimate of drug-likeness (QED) is 0.246. The van der Waals surface area contributed by atoms with Crippen molar-refractivity contribution in [3.63, 3.8) is 0 Å². The molecule has 0 radical (unpaired) electrons. The highest BCUT2D eigenvalue weighted by atomic mass is 32.3. The number of para-hydroxylation sites is 5. The van der Waals surface area contributed by atoms with Gasteiger partial charge in [-0.2, -0.15) is 10.0 Å². The number of rotatable bonds is 5. The summed E-state index contributed by atoms with van der Waals surface area (Å²) < 4.78 is 0. The summed E-state index contributed by atoms with van der Waals surface area (Å²) in [7, 11) is 1.15. The number of hydrogen-bond donors (Lipinski definition) is 0. The Labute approximate surface area is 228 Å². The first-order valence-electron chi connectivity index (χ1n) is 13.0. The van der Waals surface area contributed by atoms with Crippen LogP contribution in [0.2, 0.25) is 0 Å². The van der Waals surface area contributed by atoms with E-state index < -0.39 is 10.0 Å². The highest BCUT2D eigenvalue weighted by Gasteiger charge is 2.36. The van der Waals surface area contributed by atoms with Crippen LogP contribution in [0.5, 0.6) is 0 Å². The molecule has 0 N–H and O–H groups in total. The van der Waals surface area contributed by atoms with E-state index in [0.29, 0.717) is 0 Å². The van der Waals surface area contributed by atoms with Crippen molar-refractivity contribution in [3.05, 3.63) is 145 Å². The summed E-state index contributed by atoms with van der Waals surface area (Å²) in [5.74, 6) is 0. The van der Waals surface area contributed by atoms with Gasteiger partial charge in [-0.3, -0.25) is 0 Å². The number of fused-ring (bicyclic) bond motifs is 2. The maximum absolute atomic E-state index is 2.42. The SMILES string of the molecule is CN1/C(=C/C=C/C=C/C2N(c3ccccc3)c3ccccc3N2c2ccccc2)S(C)(C)c2ccccc21. The molecule has 0 fully saturated rings. The van der Waals surface area contributed by atoms with E-state index >= 15 is 0 Å². The zero-order chi connectivity index (χ0) is 26.1. The molecule has 0 unspecified atom stereocenters. The average molecular weight is 516 g/mol. The van der Waals surface area contributed by atoms with Crippen molar-refractivity contribution >= 4 is 38.5 Å². The molecular formula is C34H33N3S. The van der Waals surface area contributed by atoms with Gasteiger partial charge in [0.1, 0.15) is 6.17 Å². The molecule has 4 aromatic carbocycles. The largest absolute Gasteiger partial charge is 0.339 e. The fraction of sp³-hybridized carbons (Fsp3) is 0.118. The first-order valence-corrected chi connectivity index (χ1v) is 15.4. The molecule has 38 heavy (non-hydrogen) atoms. The van der Waals surface area contributed by atoms with E-state index in [1.54, 1.807) is 0 Å². The molecule has 190 valence electrons. The number of nitrogens with zero attached hydrogens (tertiary/aromatic N) is 3. The Morgan fingerprint density at radius 1 is 0.579 bits per heavy atom. The summed E-state index contributed by atoms with van der Waals surface area (Å²) in [4.78, 5) is 8.64. The van der Waals surface area contributed by atoms with Crippen LogP contribution in [-0.2, 0) is 0 Å². The lowest BCUT2D eigenvalue weighted by Gasteiger charge is -2.31. The third-order valence-corrected chi connectivity index (χ3v) is 10.3. The predicted octanol–water partition coefficient (Wildman–Crippen LogP) is 8.83. The van der Waals surface area contributed by atoms with Crippen molar-refractivity contribution in [2.75, 3.05) is 34.3 Å². The third kappa shape index (κ3) is 4.11. The van der Waals surface area contributed by atoms with Crippen LogP contribution in [-0.4, -0.2) is 25.7 Å². The molecule has 0 aromatic heterocycles. The van der Waals surface area contributed by atoms with Crippen LogP contribution in [0.4, 0.5) is 28.4 Å². The molecule has 0 saturated heterocycles. The molecule has 2 aliphatic heterocycles. The maximum atomic E-state index is 2.42. The Morgan fingerprint density at radius 3 is 1.63 bits per heavy atom. The second kappa shape index (κ2) is 9.96. The van der Waals surface area contributed by atoms with Crippen LogP contribution >= 0.6 is 10.0 Å². The van der Waals surface area contributed by atoms with Gasteiger partial charge in [-0.15, -0.1) is 0 Å². The van der Waals surface area contributed by atoms with Crippen LogP contribution in [0.3, 0.4) is 0 Å². The third-order valence-electron chi connectivity index (χ3n) is 7.37. The molecule has 0 saturated carbocycles. The van der Waals surface area contributed by atoms with Gasteiger partial charge in [0.15, 0.2) is 0 Å². The van der Waals surface area contributed by atoms with E-state index in [-0.39, 0.29) is 6.17 Å². The second-order valence-electron chi connectivity index (χ2n) is 9.94. The maximum Gasteiger partial charge on any atom is 0.130 e. The summed E-state index contributed by atoms with van der Waals surface area (Å²) in [6.07, 6.45) is 15.9. The lowest BCUT2D eigenvalue weighted by atomic mass is 10.2. The van der Waals surface area contributed by atoms with Gasteiger partial charge in [0, 0.05) is 23.3 Å². The highest BCUT2D eigenvalue weighted by molar-refractivity contribution is 8.36. The minimum Gasteiger partial charge on any atom is -0.339 e. The van der Waals surface area contributed by atoms with E-state index in [9.17, 15) is 0 Å². The zero-order valence-corrected chi connectivity index (χ0v) is 22.9. The topological polar surface area (TPSA) is 9.72 Å². The zero-order valence-electron chi connectivity index (χ0n) is 22.1. The van der Waals surface area contributed by atoms with Crippen LogP contribution in [0.1, 0.15) is 0 Å². The van der Waals surface area contributed by atoms with Gasteiger partial charge >= 0.3 is 0 Å². The standard InChI is InChI=1S/C34H33N3S/c1-35-31-23-15-16-24-32(31)38(2,3)34(35)26-12-6-11-25-33-36(27-17-7-4-8-18-27)29-21-13-14-22-30(29)37(33)28-19-9-5-10-20-28/h4-26,33H,1-3H3/b12-6+,25-11+,34-26-. The molecule has 0 aliphatic carbocycles. The Bertz CT molecular complexity index is 1460. The van der Waals surface area contributed by atoms with Crippen LogP contribution in [0.25, 0.3) is 0 Å². The Kier molecular flexibility index (Phi) is 6.34. The normalized spacial score (nSPS) is 18.5. The number of hydrogen-bond acceptors (Lipinski definition) is 3. The molecule has 3 nitrogen and oxygen atoms in total. The summed E-state index contributed by atoms with van der Waals surface area (Å²) in [6.45, 7) is 0. The molecule has 2 aliphatic rings. The van der Waals surface area contributed by atoms with Crippen molar-refractivity contribution in [3.8, 4) is 0 Å². The minimum absolute atomic E-state index is 0.00924. The summed E-state index contributed by atoms with van der Waals surface area (Å²) in [6, 6.07) is 38.8. The van der Waals surface area contributed by atoms with E-state index in [0.717, 1.165) is 0 Å². The molecule has 0 atom stereocenters. The predicted molar refractivity (Wildman–Crippen MR) is 166 cm³/mol.